The third kappa shape index (κ3) is 5.12. The smallest absolute Gasteiger partial charge is 0.323 e. The van der Waals surface area contributed by atoms with Gasteiger partial charge in [0.1, 0.15) is 0 Å². The van der Waals surface area contributed by atoms with Crippen LogP contribution in [-0.2, 0) is 0 Å². The third-order valence-electron chi connectivity index (χ3n) is 3.77. The molecular formula is C19H23N3O2. The van der Waals surface area contributed by atoms with E-state index in [0.717, 1.165) is 6.42 Å². The van der Waals surface area contributed by atoms with E-state index >= 15 is 0 Å². The number of hydrogen-bond donors (Lipinski definition) is 3. The van der Waals surface area contributed by atoms with Crippen molar-refractivity contribution in [3.63, 3.8) is 0 Å². The fraction of sp³-hybridized carbons (Fsp3) is 0.263. The fourth-order valence-corrected chi connectivity index (χ4v) is 1.99. The third-order valence-corrected chi connectivity index (χ3v) is 3.77. The van der Waals surface area contributed by atoms with Crippen molar-refractivity contribution < 1.29 is 9.59 Å². The van der Waals surface area contributed by atoms with Gasteiger partial charge in [0.2, 0.25) is 0 Å². The summed E-state index contributed by atoms with van der Waals surface area (Å²) in [6.45, 7) is 5.99. The van der Waals surface area contributed by atoms with E-state index in [9.17, 15) is 9.59 Å². The van der Waals surface area contributed by atoms with Gasteiger partial charge in [-0.2, -0.15) is 0 Å². The van der Waals surface area contributed by atoms with Gasteiger partial charge in [-0.15, -0.1) is 0 Å². The molecule has 0 spiro atoms. The number of carbonyl (C=O) groups is 2. The van der Waals surface area contributed by atoms with Crippen LogP contribution in [0, 0.1) is 0 Å². The highest BCUT2D eigenvalue weighted by molar-refractivity contribution is 6.00. The molecule has 0 aliphatic carbocycles. The Labute approximate surface area is 142 Å². The van der Waals surface area contributed by atoms with Crippen LogP contribution in [0.25, 0.3) is 0 Å². The maximum atomic E-state index is 12.2. The number of hydrogen-bond acceptors (Lipinski definition) is 2. The maximum Gasteiger partial charge on any atom is 0.323 e. The van der Waals surface area contributed by atoms with E-state index < -0.39 is 0 Å². The largest absolute Gasteiger partial charge is 0.347 e. The average Bonchev–Trinajstić information content (AvgIpc) is 2.56. The van der Waals surface area contributed by atoms with E-state index in [4.69, 9.17) is 0 Å². The van der Waals surface area contributed by atoms with E-state index in [2.05, 4.69) is 16.0 Å². The van der Waals surface area contributed by atoms with Gasteiger partial charge in [-0.3, -0.25) is 4.79 Å². The molecule has 0 aromatic heterocycles. The van der Waals surface area contributed by atoms with Crippen molar-refractivity contribution in [1.82, 2.24) is 5.32 Å². The first-order valence-electron chi connectivity index (χ1n) is 7.95. The van der Waals surface area contributed by atoms with Gasteiger partial charge in [-0.1, -0.05) is 25.1 Å². The summed E-state index contributed by atoms with van der Waals surface area (Å²) in [6.07, 6.45) is 0.845. The molecule has 5 nitrogen and oxygen atoms in total. The molecule has 0 aliphatic heterocycles. The second-order valence-electron chi connectivity index (χ2n) is 6.21. The lowest BCUT2D eigenvalue weighted by molar-refractivity contribution is 0.0911. The van der Waals surface area contributed by atoms with Crippen molar-refractivity contribution in [2.75, 3.05) is 10.6 Å². The Bertz CT molecular complexity index is 694. The molecule has 24 heavy (non-hydrogen) atoms. The standard InChI is InChI=1S/C19H23N3O2/c1-4-19(2,3)22-17(23)14-10-12-16(13-11-14)21-18(24)20-15-8-6-5-7-9-15/h5-13H,4H2,1-3H3,(H,22,23)(H2,20,21,24). The molecule has 0 atom stereocenters. The lowest BCUT2D eigenvalue weighted by atomic mass is 10.0. The topological polar surface area (TPSA) is 70.2 Å². The molecule has 2 aromatic rings. The minimum absolute atomic E-state index is 0.123. The van der Waals surface area contributed by atoms with E-state index in [1.807, 2.05) is 51.1 Å². The second-order valence-corrected chi connectivity index (χ2v) is 6.21. The first kappa shape index (κ1) is 17.5. The van der Waals surface area contributed by atoms with Crippen molar-refractivity contribution in [2.24, 2.45) is 0 Å². The summed E-state index contributed by atoms with van der Waals surface area (Å²) in [5.74, 6) is -0.123. The Morgan fingerprint density at radius 1 is 0.875 bits per heavy atom. The zero-order chi connectivity index (χ0) is 17.6. The minimum atomic E-state index is -0.328. The van der Waals surface area contributed by atoms with Crippen molar-refractivity contribution in [2.45, 2.75) is 32.7 Å². The van der Waals surface area contributed by atoms with Crippen LogP contribution < -0.4 is 16.0 Å². The molecule has 0 saturated carbocycles. The molecule has 3 amide bonds. The van der Waals surface area contributed by atoms with Crippen molar-refractivity contribution in [1.29, 1.82) is 0 Å². The Hall–Kier alpha value is -2.82. The molecule has 0 bridgehead atoms. The van der Waals surface area contributed by atoms with Crippen molar-refractivity contribution in [3.8, 4) is 0 Å². The zero-order valence-electron chi connectivity index (χ0n) is 14.2. The van der Waals surface area contributed by atoms with E-state index in [1.54, 1.807) is 24.3 Å². The first-order valence-corrected chi connectivity index (χ1v) is 7.95. The number of anilines is 2. The lowest BCUT2D eigenvalue weighted by Gasteiger charge is -2.24. The summed E-state index contributed by atoms with van der Waals surface area (Å²) in [4.78, 5) is 24.1. The van der Waals surface area contributed by atoms with Crippen LogP contribution in [0.15, 0.2) is 54.6 Å². The van der Waals surface area contributed by atoms with Gasteiger partial charge in [-0.05, 0) is 56.7 Å². The van der Waals surface area contributed by atoms with E-state index in [1.165, 1.54) is 0 Å². The highest BCUT2D eigenvalue weighted by atomic mass is 16.2. The molecule has 2 rings (SSSR count). The Kier molecular flexibility index (Phi) is 5.58. The van der Waals surface area contributed by atoms with Crippen molar-refractivity contribution >= 4 is 23.3 Å². The van der Waals surface area contributed by atoms with Crippen LogP contribution in [0.4, 0.5) is 16.2 Å². The number of nitrogens with one attached hydrogen (secondary N) is 3. The number of benzene rings is 2. The highest BCUT2D eigenvalue weighted by Crippen LogP contribution is 2.13. The van der Waals surface area contributed by atoms with Gasteiger partial charge < -0.3 is 16.0 Å². The maximum absolute atomic E-state index is 12.2. The van der Waals surface area contributed by atoms with Crippen LogP contribution in [0.3, 0.4) is 0 Å². The average molecular weight is 325 g/mol. The molecule has 0 aliphatic rings. The Morgan fingerprint density at radius 3 is 1.96 bits per heavy atom. The van der Waals surface area contributed by atoms with Crippen LogP contribution in [-0.4, -0.2) is 17.5 Å². The minimum Gasteiger partial charge on any atom is -0.347 e. The molecule has 0 radical (unpaired) electrons. The summed E-state index contributed by atoms with van der Waals surface area (Å²) in [5.41, 5.74) is 1.65. The van der Waals surface area contributed by atoms with Gasteiger partial charge in [-0.25, -0.2) is 4.79 Å². The summed E-state index contributed by atoms with van der Waals surface area (Å²) >= 11 is 0. The lowest BCUT2D eigenvalue weighted by Crippen LogP contribution is -2.42. The monoisotopic (exact) mass is 325 g/mol. The molecule has 0 saturated heterocycles. The molecule has 3 N–H and O–H groups in total. The van der Waals surface area contributed by atoms with Gasteiger partial charge in [0.15, 0.2) is 0 Å². The predicted molar refractivity (Wildman–Crippen MR) is 97.4 cm³/mol. The number of carbonyl (C=O) groups excluding carboxylic acids is 2. The van der Waals surface area contributed by atoms with Crippen molar-refractivity contribution in [3.05, 3.63) is 60.2 Å². The molecule has 0 heterocycles. The highest BCUT2D eigenvalue weighted by Gasteiger charge is 2.18. The van der Waals surface area contributed by atoms with Gasteiger partial charge in [0.05, 0.1) is 0 Å². The number of rotatable bonds is 5. The molecule has 126 valence electrons. The van der Waals surface area contributed by atoms with Gasteiger partial charge >= 0.3 is 6.03 Å². The summed E-state index contributed by atoms with van der Waals surface area (Å²) in [6, 6.07) is 15.7. The normalized spacial score (nSPS) is 10.8. The second kappa shape index (κ2) is 7.64. The molecule has 0 fully saturated rings. The number of amides is 3. The fourth-order valence-electron chi connectivity index (χ4n) is 1.99. The Balaban J connectivity index is 1.94. The predicted octanol–water partition coefficient (Wildman–Crippen LogP) is 4.25. The molecule has 2 aromatic carbocycles. The van der Waals surface area contributed by atoms with Crippen LogP contribution >= 0.6 is 0 Å². The van der Waals surface area contributed by atoms with E-state index in [0.29, 0.717) is 16.9 Å². The summed E-state index contributed by atoms with van der Waals surface area (Å²) in [5, 5.41) is 8.45. The van der Waals surface area contributed by atoms with E-state index in [-0.39, 0.29) is 17.5 Å². The van der Waals surface area contributed by atoms with Gasteiger partial charge in [0, 0.05) is 22.5 Å². The Morgan fingerprint density at radius 2 is 1.42 bits per heavy atom. The first-order chi connectivity index (χ1) is 11.4. The quantitative estimate of drug-likeness (QED) is 0.769. The van der Waals surface area contributed by atoms with Crippen LogP contribution in [0.2, 0.25) is 0 Å². The number of urea groups is 1. The van der Waals surface area contributed by atoms with Crippen LogP contribution in [0.5, 0.6) is 0 Å². The SMILES string of the molecule is CCC(C)(C)NC(=O)c1ccc(NC(=O)Nc2ccccc2)cc1. The van der Waals surface area contributed by atoms with Crippen LogP contribution in [0.1, 0.15) is 37.6 Å². The number of para-hydroxylation sites is 1. The zero-order valence-corrected chi connectivity index (χ0v) is 14.2. The molecule has 0 unspecified atom stereocenters. The molecule has 5 heteroatoms. The van der Waals surface area contributed by atoms with Gasteiger partial charge in [0.25, 0.3) is 5.91 Å². The summed E-state index contributed by atoms with van der Waals surface area (Å²) in [7, 11) is 0. The summed E-state index contributed by atoms with van der Waals surface area (Å²) < 4.78 is 0. The molecular weight excluding hydrogens is 302 g/mol.